The van der Waals surface area contributed by atoms with Crippen LogP contribution in [-0.4, -0.2) is 24.0 Å². The Balaban J connectivity index is 1.72. The zero-order valence-corrected chi connectivity index (χ0v) is 10.8. The van der Waals surface area contributed by atoms with Gasteiger partial charge in [0, 0.05) is 25.0 Å². The normalized spacial score (nSPS) is 24.0. The van der Waals surface area contributed by atoms with Crippen LogP contribution in [-0.2, 0) is 0 Å². The average Bonchev–Trinajstić information content (AvgIpc) is 2.26. The van der Waals surface area contributed by atoms with Crippen molar-refractivity contribution in [1.82, 2.24) is 4.90 Å². The van der Waals surface area contributed by atoms with Crippen molar-refractivity contribution in [2.24, 2.45) is 5.92 Å². The van der Waals surface area contributed by atoms with Crippen molar-refractivity contribution in [3.63, 3.8) is 0 Å². The lowest BCUT2D eigenvalue weighted by Gasteiger charge is -2.44. The molecule has 2 rings (SSSR count). The van der Waals surface area contributed by atoms with Gasteiger partial charge in [0.15, 0.2) is 0 Å². The van der Waals surface area contributed by atoms with E-state index >= 15 is 0 Å². The molecule has 1 saturated heterocycles. The molecular weight excluding hydrogens is 194 g/mol. The van der Waals surface area contributed by atoms with Crippen LogP contribution in [0.5, 0.6) is 0 Å². The van der Waals surface area contributed by atoms with Crippen LogP contribution in [0.1, 0.15) is 46.0 Å². The Morgan fingerprint density at radius 1 is 1.44 bits per heavy atom. The van der Waals surface area contributed by atoms with Crippen LogP contribution in [0.3, 0.4) is 0 Å². The summed E-state index contributed by atoms with van der Waals surface area (Å²) in [4.78, 5) is 2.65. The highest BCUT2D eigenvalue weighted by molar-refractivity contribution is 5.22. The second-order valence-electron chi connectivity index (χ2n) is 5.35. The van der Waals surface area contributed by atoms with Crippen molar-refractivity contribution in [1.29, 1.82) is 0 Å². The number of allylic oxidation sites excluding steroid dienone is 3. The fourth-order valence-corrected chi connectivity index (χ4v) is 2.75. The summed E-state index contributed by atoms with van der Waals surface area (Å²) in [6, 6.07) is 0.802. The summed E-state index contributed by atoms with van der Waals surface area (Å²) in [7, 11) is 0. The number of hydrogen-bond donors (Lipinski definition) is 0. The molecule has 2 aliphatic rings. The first-order chi connectivity index (χ1) is 7.81. The second-order valence-corrected chi connectivity index (χ2v) is 5.35. The fraction of sp³-hybridized carbons (Fsp3) is 0.733. The van der Waals surface area contributed by atoms with E-state index in [1.165, 1.54) is 45.2 Å². The quantitative estimate of drug-likeness (QED) is 0.680. The molecule has 1 fully saturated rings. The molecule has 1 nitrogen and oxygen atoms in total. The van der Waals surface area contributed by atoms with Crippen LogP contribution in [0.15, 0.2) is 23.8 Å². The molecule has 1 aliphatic carbocycles. The van der Waals surface area contributed by atoms with Gasteiger partial charge in [-0.3, -0.25) is 4.90 Å². The molecule has 1 heteroatoms. The van der Waals surface area contributed by atoms with Crippen molar-refractivity contribution < 1.29 is 0 Å². The summed E-state index contributed by atoms with van der Waals surface area (Å²) in [6.45, 7) is 7.29. The lowest BCUT2D eigenvalue weighted by Crippen LogP contribution is -2.51. The fourth-order valence-electron chi connectivity index (χ4n) is 2.75. The van der Waals surface area contributed by atoms with Crippen LogP contribution in [0.4, 0.5) is 0 Å². The van der Waals surface area contributed by atoms with E-state index in [4.69, 9.17) is 0 Å². The van der Waals surface area contributed by atoms with E-state index in [1.807, 2.05) is 0 Å². The van der Waals surface area contributed by atoms with Gasteiger partial charge in [-0.25, -0.2) is 0 Å². The number of hydrogen-bond acceptors (Lipinski definition) is 1. The van der Waals surface area contributed by atoms with Gasteiger partial charge in [-0.1, -0.05) is 43.6 Å². The molecule has 0 spiro atoms. The van der Waals surface area contributed by atoms with E-state index in [0.717, 1.165) is 12.0 Å². The molecule has 1 unspecified atom stereocenters. The Kier molecular flexibility index (Phi) is 4.22. The minimum absolute atomic E-state index is 0.802. The van der Waals surface area contributed by atoms with E-state index in [0.29, 0.717) is 0 Å². The van der Waals surface area contributed by atoms with E-state index in [9.17, 15) is 0 Å². The number of unbranched alkanes of at least 4 members (excludes halogenated alkanes) is 1. The zero-order chi connectivity index (χ0) is 11.4. The van der Waals surface area contributed by atoms with Gasteiger partial charge >= 0.3 is 0 Å². The lowest BCUT2D eigenvalue weighted by atomic mass is 9.85. The van der Waals surface area contributed by atoms with Crippen LogP contribution in [0.25, 0.3) is 0 Å². The van der Waals surface area contributed by atoms with E-state index in [-0.39, 0.29) is 0 Å². The van der Waals surface area contributed by atoms with Gasteiger partial charge in [0.25, 0.3) is 0 Å². The maximum atomic E-state index is 2.65. The van der Waals surface area contributed by atoms with Gasteiger partial charge < -0.3 is 0 Å². The number of nitrogens with zero attached hydrogens (tertiary/aromatic N) is 1. The van der Waals surface area contributed by atoms with Crippen molar-refractivity contribution in [2.75, 3.05) is 13.1 Å². The summed E-state index contributed by atoms with van der Waals surface area (Å²) in [5.41, 5.74) is 1.70. The van der Waals surface area contributed by atoms with E-state index < -0.39 is 0 Å². The van der Waals surface area contributed by atoms with Crippen molar-refractivity contribution in [3.05, 3.63) is 23.8 Å². The summed E-state index contributed by atoms with van der Waals surface area (Å²) < 4.78 is 0. The molecule has 16 heavy (non-hydrogen) atoms. The average molecular weight is 219 g/mol. The van der Waals surface area contributed by atoms with Crippen LogP contribution < -0.4 is 0 Å². The maximum Gasteiger partial charge on any atom is 0.00674 e. The third kappa shape index (κ3) is 2.76. The Morgan fingerprint density at radius 2 is 2.25 bits per heavy atom. The molecule has 0 aromatic heterocycles. The van der Waals surface area contributed by atoms with Gasteiger partial charge in [0.05, 0.1) is 0 Å². The zero-order valence-electron chi connectivity index (χ0n) is 10.8. The van der Waals surface area contributed by atoms with Gasteiger partial charge in [-0.15, -0.1) is 0 Å². The smallest absolute Gasteiger partial charge is 0.00674 e. The molecule has 0 amide bonds. The minimum atomic E-state index is 0.802. The minimum Gasteiger partial charge on any atom is -0.299 e. The SMILES string of the molecule is CCCCC(C)N1CC(C2=CC=CCC2)C1. The highest BCUT2D eigenvalue weighted by atomic mass is 15.2. The third-order valence-electron chi connectivity index (χ3n) is 4.08. The molecule has 1 atom stereocenters. The predicted molar refractivity (Wildman–Crippen MR) is 70.5 cm³/mol. The van der Waals surface area contributed by atoms with Gasteiger partial charge in [0.2, 0.25) is 0 Å². The molecule has 0 bridgehead atoms. The van der Waals surface area contributed by atoms with E-state index in [2.05, 4.69) is 37.0 Å². The predicted octanol–water partition coefficient (Wildman–Crippen LogP) is 3.77. The molecular formula is C15H25N. The molecule has 1 aliphatic heterocycles. The Labute approximate surface area is 100 Å². The standard InChI is InChI=1S/C15H25N/c1-3-4-8-13(2)16-11-15(12-16)14-9-6-5-7-10-14/h5-6,9,13,15H,3-4,7-8,10-12H2,1-2H3. The summed E-state index contributed by atoms with van der Waals surface area (Å²) in [6.07, 6.45) is 13.5. The molecule has 0 radical (unpaired) electrons. The Bertz CT molecular complexity index is 271. The summed E-state index contributed by atoms with van der Waals surface area (Å²) in [5.74, 6) is 0.869. The summed E-state index contributed by atoms with van der Waals surface area (Å²) in [5, 5.41) is 0. The summed E-state index contributed by atoms with van der Waals surface area (Å²) >= 11 is 0. The first-order valence-corrected chi connectivity index (χ1v) is 6.91. The monoisotopic (exact) mass is 219 g/mol. The van der Waals surface area contributed by atoms with Crippen LogP contribution in [0.2, 0.25) is 0 Å². The molecule has 90 valence electrons. The first kappa shape index (κ1) is 11.9. The number of likely N-dealkylation sites (tertiary alicyclic amines) is 1. The van der Waals surface area contributed by atoms with Gasteiger partial charge in [-0.2, -0.15) is 0 Å². The Morgan fingerprint density at radius 3 is 2.88 bits per heavy atom. The van der Waals surface area contributed by atoms with Crippen molar-refractivity contribution >= 4 is 0 Å². The largest absolute Gasteiger partial charge is 0.299 e. The van der Waals surface area contributed by atoms with E-state index in [1.54, 1.807) is 5.57 Å². The van der Waals surface area contributed by atoms with Gasteiger partial charge in [0.1, 0.15) is 0 Å². The van der Waals surface area contributed by atoms with Crippen molar-refractivity contribution in [2.45, 2.75) is 52.0 Å². The second kappa shape index (κ2) is 5.67. The number of rotatable bonds is 5. The molecule has 0 N–H and O–H groups in total. The molecule has 0 aromatic rings. The Hall–Kier alpha value is -0.560. The first-order valence-electron chi connectivity index (χ1n) is 6.91. The lowest BCUT2D eigenvalue weighted by molar-refractivity contribution is 0.0723. The van der Waals surface area contributed by atoms with Gasteiger partial charge in [-0.05, 0) is 26.2 Å². The highest BCUT2D eigenvalue weighted by Crippen LogP contribution is 2.30. The molecule has 0 saturated carbocycles. The highest BCUT2D eigenvalue weighted by Gasteiger charge is 2.31. The van der Waals surface area contributed by atoms with Crippen molar-refractivity contribution in [3.8, 4) is 0 Å². The topological polar surface area (TPSA) is 3.24 Å². The molecule has 1 heterocycles. The van der Waals surface area contributed by atoms with Crippen LogP contribution >= 0.6 is 0 Å². The van der Waals surface area contributed by atoms with Crippen LogP contribution in [0, 0.1) is 5.92 Å². The maximum absolute atomic E-state index is 2.65. The third-order valence-corrected chi connectivity index (χ3v) is 4.08. The molecule has 0 aromatic carbocycles.